The number of aryl methyl sites for hydroxylation is 1. The quantitative estimate of drug-likeness (QED) is 0.291. The second kappa shape index (κ2) is 11.3. The lowest BCUT2D eigenvalue weighted by Crippen LogP contribution is -2.73. The predicted octanol–water partition coefficient (Wildman–Crippen LogP) is 6.40. The number of hydrogen-bond donors (Lipinski definition) is 2. The minimum atomic E-state index is -2.33. The molecule has 1 aliphatic heterocycles. The number of nitrogens with zero attached hydrogens (tertiary/aromatic N) is 1. The maximum absolute atomic E-state index is 13.4. The van der Waals surface area contributed by atoms with Crippen molar-refractivity contribution < 1.29 is 23.8 Å². The Balaban J connectivity index is 1.82. The Bertz CT molecular complexity index is 1050. The maximum atomic E-state index is 13.4. The van der Waals surface area contributed by atoms with Crippen LogP contribution in [-0.2, 0) is 9.36 Å². The molecule has 0 aromatic heterocycles. The fourth-order valence-corrected chi connectivity index (χ4v) is 5.04. The summed E-state index contributed by atoms with van der Waals surface area (Å²) in [4.78, 5) is 37.2. The molecule has 0 aliphatic carbocycles. The van der Waals surface area contributed by atoms with Crippen LogP contribution in [0.2, 0.25) is 0 Å². The van der Waals surface area contributed by atoms with E-state index < -0.39 is 31.4 Å². The summed E-state index contributed by atoms with van der Waals surface area (Å²) in [5.74, 6) is 0.269. The molecule has 7 nitrogen and oxygen atoms in total. The minimum Gasteiger partial charge on any atom is -0.469 e. The van der Waals surface area contributed by atoms with Crippen LogP contribution in [0.5, 0.6) is 5.75 Å². The number of carbonyl (C=O) groups excluding carboxylic acids is 2. The van der Waals surface area contributed by atoms with Crippen LogP contribution >= 0.6 is 8.03 Å². The molecule has 0 saturated carbocycles. The number of ether oxygens (including phenoxy) is 1. The van der Waals surface area contributed by atoms with E-state index in [1.165, 1.54) is 4.90 Å². The third-order valence-electron chi connectivity index (χ3n) is 7.13. The summed E-state index contributed by atoms with van der Waals surface area (Å²) >= 11 is 0. The van der Waals surface area contributed by atoms with Crippen molar-refractivity contribution in [2.75, 3.05) is 0 Å². The molecule has 8 heteroatoms. The number of urea groups is 1. The van der Waals surface area contributed by atoms with E-state index in [1.807, 2.05) is 45.0 Å². The molecule has 0 spiro atoms. The first-order valence-corrected chi connectivity index (χ1v) is 13.6. The fraction of sp³-hybridized carbons (Fsp3) is 0.481. The second-order valence-electron chi connectivity index (χ2n) is 9.26. The minimum absolute atomic E-state index is 0.207. The summed E-state index contributed by atoms with van der Waals surface area (Å²) in [7, 11) is -2.33. The third-order valence-corrected chi connectivity index (χ3v) is 8.09. The monoisotopic (exact) mass is 499 g/mol. The highest BCUT2D eigenvalue weighted by atomic mass is 31.1. The highest BCUT2D eigenvalue weighted by molar-refractivity contribution is 7.38. The van der Waals surface area contributed by atoms with Gasteiger partial charge in [0.2, 0.25) is 11.6 Å². The predicted molar refractivity (Wildman–Crippen MR) is 136 cm³/mol. The fourth-order valence-electron chi connectivity index (χ4n) is 4.61. The molecule has 1 aliphatic rings. The smallest absolute Gasteiger partial charge is 0.469 e. The van der Waals surface area contributed by atoms with E-state index in [1.54, 1.807) is 31.2 Å². The van der Waals surface area contributed by atoms with E-state index in [4.69, 9.17) is 4.74 Å². The molecular weight excluding hydrogens is 463 g/mol. The molecule has 35 heavy (non-hydrogen) atoms. The molecule has 2 aromatic rings. The summed E-state index contributed by atoms with van der Waals surface area (Å²) in [5.41, 5.74) is 1.60. The van der Waals surface area contributed by atoms with E-state index in [-0.39, 0.29) is 11.9 Å². The van der Waals surface area contributed by atoms with Crippen LogP contribution in [-0.4, -0.2) is 28.0 Å². The zero-order chi connectivity index (χ0) is 25.8. The van der Waals surface area contributed by atoms with Gasteiger partial charge in [-0.1, -0.05) is 69.2 Å². The van der Waals surface area contributed by atoms with Gasteiger partial charge >= 0.3 is 14.1 Å². The summed E-state index contributed by atoms with van der Waals surface area (Å²) in [6.45, 7) is 9.63. The van der Waals surface area contributed by atoms with Gasteiger partial charge < -0.3 is 10.1 Å². The van der Waals surface area contributed by atoms with Gasteiger partial charge in [0.15, 0.2) is 6.23 Å². The van der Waals surface area contributed by atoms with Gasteiger partial charge in [0.1, 0.15) is 11.2 Å². The second-order valence-corrected chi connectivity index (χ2v) is 10.6. The van der Waals surface area contributed by atoms with E-state index >= 15 is 0 Å². The zero-order valence-corrected chi connectivity index (χ0v) is 22.0. The number of imide groups is 1. The highest BCUT2D eigenvalue weighted by Crippen LogP contribution is 2.46. The number of rotatable bonds is 10. The zero-order valence-electron chi connectivity index (χ0n) is 21.2. The first kappa shape index (κ1) is 26.8. The molecule has 2 N–H and O–H groups in total. The lowest BCUT2D eigenvalue weighted by molar-refractivity contribution is -0.191. The SMILES string of the molecule is CCC[C@@H](NC(=O)N1C(=O)C(CC)(CC)[C@@H]1Oc1ccc(C(C)[P+](=O)O)cc1)c1ccc(C)cc1. The highest BCUT2D eigenvalue weighted by Gasteiger charge is 2.63. The molecule has 188 valence electrons. The van der Waals surface area contributed by atoms with Crippen molar-refractivity contribution >= 4 is 20.0 Å². The van der Waals surface area contributed by atoms with Crippen LogP contribution in [0.1, 0.15) is 81.8 Å². The standard InChI is InChI=1S/C27H35N2O5P/c1-6-9-23(21-12-10-18(4)11-13-21)28-26(31)29-24(30)27(7-2,8-3)25(29)34-22-16-14-20(15-17-22)19(5)35(32)33/h10-17,19,23,25H,6-9H2,1-5H3,(H-,28,31,32,33)/p+1/t19?,23-,25+/m1/s1. The summed E-state index contributed by atoms with van der Waals surface area (Å²) in [6, 6.07) is 14.3. The van der Waals surface area contributed by atoms with Gasteiger partial charge in [-0.3, -0.25) is 4.79 Å². The van der Waals surface area contributed by atoms with Crippen molar-refractivity contribution in [2.45, 2.75) is 78.2 Å². The Morgan fingerprint density at radius 1 is 1.09 bits per heavy atom. The van der Waals surface area contributed by atoms with Crippen molar-refractivity contribution in [1.82, 2.24) is 10.2 Å². The number of benzene rings is 2. The molecule has 1 saturated heterocycles. The average Bonchev–Trinajstić information content (AvgIpc) is 2.85. The molecular formula is C27H36N2O5P+. The lowest BCUT2D eigenvalue weighted by Gasteiger charge is -2.53. The van der Waals surface area contributed by atoms with Crippen LogP contribution < -0.4 is 10.1 Å². The van der Waals surface area contributed by atoms with Gasteiger partial charge in [0.25, 0.3) is 0 Å². The summed E-state index contributed by atoms with van der Waals surface area (Å²) in [6.07, 6.45) is 2.00. The average molecular weight is 500 g/mol. The normalized spacial score (nSPS) is 18.9. The summed E-state index contributed by atoms with van der Waals surface area (Å²) < 4.78 is 17.6. The topological polar surface area (TPSA) is 95.9 Å². The number of likely N-dealkylation sites (tertiary alicyclic amines) is 1. The number of hydrogen-bond acceptors (Lipinski definition) is 4. The molecule has 1 heterocycles. The Morgan fingerprint density at radius 3 is 2.17 bits per heavy atom. The van der Waals surface area contributed by atoms with Crippen LogP contribution in [0.25, 0.3) is 0 Å². The van der Waals surface area contributed by atoms with Crippen LogP contribution in [0, 0.1) is 12.3 Å². The van der Waals surface area contributed by atoms with E-state index in [2.05, 4.69) is 12.2 Å². The number of amides is 3. The van der Waals surface area contributed by atoms with Gasteiger partial charge in [-0.05, 0) is 55.4 Å². The van der Waals surface area contributed by atoms with E-state index in [0.29, 0.717) is 18.6 Å². The van der Waals surface area contributed by atoms with Crippen LogP contribution in [0.4, 0.5) is 4.79 Å². The maximum Gasteiger partial charge on any atom is 0.513 e. The van der Waals surface area contributed by atoms with E-state index in [9.17, 15) is 19.0 Å². The first-order valence-electron chi connectivity index (χ1n) is 12.3. The van der Waals surface area contributed by atoms with E-state index in [0.717, 1.165) is 29.5 Å². The molecule has 4 atom stereocenters. The number of carbonyl (C=O) groups is 2. The summed E-state index contributed by atoms with van der Waals surface area (Å²) in [5, 5.41) is 3.05. The molecule has 3 rings (SSSR count). The number of β-lactam (4-membered cyclic amide) rings is 1. The number of nitrogens with one attached hydrogen (secondary N) is 1. The van der Waals surface area contributed by atoms with Gasteiger partial charge in [0, 0.05) is 5.56 Å². The Hall–Kier alpha value is -2.76. The van der Waals surface area contributed by atoms with Crippen molar-refractivity contribution in [1.29, 1.82) is 0 Å². The molecule has 1 fully saturated rings. The lowest BCUT2D eigenvalue weighted by atomic mass is 9.72. The van der Waals surface area contributed by atoms with Gasteiger partial charge in [0.05, 0.1) is 6.04 Å². The Morgan fingerprint density at radius 2 is 1.66 bits per heavy atom. The third kappa shape index (κ3) is 5.41. The largest absolute Gasteiger partial charge is 0.513 e. The Labute approximate surface area is 208 Å². The van der Waals surface area contributed by atoms with Crippen molar-refractivity contribution in [2.24, 2.45) is 5.41 Å². The van der Waals surface area contributed by atoms with Gasteiger partial charge in [-0.25, -0.2) is 9.69 Å². The van der Waals surface area contributed by atoms with Gasteiger partial charge in [-0.15, -0.1) is 0 Å². The molecule has 2 unspecified atom stereocenters. The van der Waals surface area contributed by atoms with Crippen LogP contribution in [0.15, 0.2) is 48.5 Å². The first-order chi connectivity index (χ1) is 16.7. The van der Waals surface area contributed by atoms with Gasteiger partial charge in [-0.2, -0.15) is 4.89 Å². The molecule has 0 bridgehead atoms. The van der Waals surface area contributed by atoms with Crippen LogP contribution in [0.3, 0.4) is 0 Å². The Kier molecular flexibility index (Phi) is 8.68. The molecule has 3 amide bonds. The molecule has 0 radical (unpaired) electrons. The molecule has 2 aromatic carbocycles. The van der Waals surface area contributed by atoms with Crippen molar-refractivity contribution in [3.8, 4) is 5.75 Å². The van der Waals surface area contributed by atoms with Crippen molar-refractivity contribution in [3.05, 3.63) is 65.2 Å². The van der Waals surface area contributed by atoms with Crippen molar-refractivity contribution in [3.63, 3.8) is 0 Å².